The molecule has 9 heteroatoms. The molecule has 0 unspecified atom stereocenters. The first kappa shape index (κ1) is 15.8. The Labute approximate surface area is 135 Å². The number of hydrogen-bond acceptors (Lipinski definition) is 6. The number of H-pyrrole nitrogens is 1. The Hall–Kier alpha value is -1.09. The van der Waals surface area contributed by atoms with Crippen LogP contribution in [0.1, 0.15) is 11.7 Å². The number of halogens is 2. The second kappa shape index (κ2) is 5.84. The van der Waals surface area contributed by atoms with Crippen LogP contribution in [-0.4, -0.2) is 57.3 Å². The first-order chi connectivity index (χ1) is 10.5. The van der Waals surface area contributed by atoms with Gasteiger partial charge in [-0.1, -0.05) is 23.2 Å². The Morgan fingerprint density at radius 2 is 2.09 bits per heavy atom. The molecule has 0 spiro atoms. The summed E-state index contributed by atoms with van der Waals surface area (Å²) in [5.74, 6) is 0.501. The van der Waals surface area contributed by atoms with Crippen LogP contribution in [0.25, 0.3) is 11.0 Å². The van der Waals surface area contributed by atoms with Gasteiger partial charge >= 0.3 is 0 Å². The summed E-state index contributed by atoms with van der Waals surface area (Å²) in [6, 6.07) is 1.62. The van der Waals surface area contributed by atoms with Gasteiger partial charge in [0.2, 0.25) is 5.95 Å². The lowest BCUT2D eigenvalue weighted by Gasteiger charge is -2.17. The van der Waals surface area contributed by atoms with Gasteiger partial charge in [-0.3, -0.25) is 0 Å². The number of aliphatic hydroxyl groups is 3. The second-order valence-corrected chi connectivity index (χ2v) is 5.86. The van der Waals surface area contributed by atoms with Crippen molar-refractivity contribution in [1.29, 1.82) is 0 Å². The molecule has 1 aromatic heterocycles. The smallest absolute Gasteiger partial charge is 0.200 e. The number of nitrogens with one attached hydrogen (secondary N) is 2. The lowest BCUT2D eigenvalue weighted by Crippen LogP contribution is -2.32. The maximum atomic E-state index is 10.2. The van der Waals surface area contributed by atoms with Crippen molar-refractivity contribution in [3.05, 3.63) is 21.7 Å². The zero-order valence-corrected chi connectivity index (χ0v) is 13.1. The highest BCUT2D eigenvalue weighted by Gasteiger charge is 2.45. The van der Waals surface area contributed by atoms with Crippen LogP contribution in [0.5, 0.6) is 0 Å². The molecule has 0 aliphatic carbocycles. The minimum atomic E-state index is -1.24. The molecule has 0 bridgehead atoms. The van der Waals surface area contributed by atoms with E-state index in [1.807, 2.05) is 0 Å². The van der Waals surface area contributed by atoms with Crippen LogP contribution in [0.3, 0.4) is 0 Å². The molecule has 4 atom stereocenters. The SMILES string of the molecule is CNc1nc2c([C@@H]3O[C@@H](CO)[C@H](O)[C@H]3O)c(Cl)c(Cl)cc2[nH]1. The molecule has 1 aliphatic heterocycles. The average molecular weight is 348 g/mol. The highest BCUT2D eigenvalue weighted by Crippen LogP contribution is 2.43. The molecule has 0 amide bonds. The fourth-order valence-electron chi connectivity index (χ4n) is 2.64. The predicted octanol–water partition coefficient (Wildman–Crippen LogP) is 1.07. The number of rotatable bonds is 3. The molecule has 0 saturated carbocycles. The minimum Gasteiger partial charge on any atom is -0.394 e. The van der Waals surface area contributed by atoms with E-state index in [-0.39, 0.29) is 10.0 Å². The van der Waals surface area contributed by atoms with Crippen LogP contribution in [0.2, 0.25) is 10.0 Å². The molecule has 0 radical (unpaired) electrons. The van der Waals surface area contributed by atoms with E-state index >= 15 is 0 Å². The van der Waals surface area contributed by atoms with Crippen LogP contribution >= 0.6 is 23.2 Å². The van der Waals surface area contributed by atoms with E-state index < -0.39 is 31.0 Å². The van der Waals surface area contributed by atoms with Crippen molar-refractivity contribution in [1.82, 2.24) is 9.97 Å². The maximum absolute atomic E-state index is 10.2. The van der Waals surface area contributed by atoms with E-state index in [4.69, 9.17) is 27.9 Å². The average Bonchev–Trinajstić information content (AvgIpc) is 3.03. The van der Waals surface area contributed by atoms with Crippen LogP contribution in [-0.2, 0) is 4.74 Å². The van der Waals surface area contributed by atoms with Crippen molar-refractivity contribution in [3.8, 4) is 0 Å². The third-order valence-corrected chi connectivity index (χ3v) is 4.57. The monoisotopic (exact) mass is 347 g/mol. The van der Waals surface area contributed by atoms with Gasteiger partial charge < -0.3 is 30.4 Å². The maximum Gasteiger partial charge on any atom is 0.200 e. The third kappa shape index (κ3) is 2.34. The number of aromatic nitrogens is 2. The van der Waals surface area contributed by atoms with Crippen molar-refractivity contribution in [2.24, 2.45) is 0 Å². The summed E-state index contributed by atoms with van der Waals surface area (Å²) >= 11 is 12.4. The molecule has 22 heavy (non-hydrogen) atoms. The molecule has 5 N–H and O–H groups in total. The largest absolute Gasteiger partial charge is 0.394 e. The van der Waals surface area contributed by atoms with Crippen LogP contribution < -0.4 is 5.32 Å². The van der Waals surface area contributed by atoms with E-state index in [0.29, 0.717) is 22.5 Å². The van der Waals surface area contributed by atoms with Crippen LogP contribution in [0.15, 0.2) is 6.07 Å². The van der Waals surface area contributed by atoms with Gasteiger partial charge in [-0.05, 0) is 6.07 Å². The highest BCUT2D eigenvalue weighted by molar-refractivity contribution is 6.43. The zero-order chi connectivity index (χ0) is 16.0. The van der Waals surface area contributed by atoms with Gasteiger partial charge in [-0.2, -0.15) is 0 Å². The van der Waals surface area contributed by atoms with Crippen molar-refractivity contribution >= 4 is 40.2 Å². The fourth-order valence-corrected chi connectivity index (χ4v) is 3.10. The third-order valence-electron chi connectivity index (χ3n) is 3.77. The molecule has 1 aromatic carbocycles. The van der Waals surface area contributed by atoms with Crippen LogP contribution in [0.4, 0.5) is 5.95 Å². The topological polar surface area (TPSA) is 111 Å². The molecular weight excluding hydrogens is 333 g/mol. The number of hydrogen-bond donors (Lipinski definition) is 5. The number of benzene rings is 1. The standard InChI is InChI=1S/C13H15Cl2N3O4/c1-16-13-17-5-2-4(14)8(15)7(9(5)18-13)12-11(21)10(20)6(3-19)22-12/h2,6,10-12,19-21H,3H2,1H3,(H2,16,17,18)/t6-,10-,11+,12-/m0/s1. The summed E-state index contributed by atoms with van der Waals surface area (Å²) in [6.07, 6.45) is -4.30. The summed E-state index contributed by atoms with van der Waals surface area (Å²) in [5.41, 5.74) is 1.48. The number of aliphatic hydroxyl groups excluding tert-OH is 3. The summed E-state index contributed by atoms with van der Waals surface area (Å²) in [4.78, 5) is 7.36. The van der Waals surface area contributed by atoms with Crippen molar-refractivity contribution in [2.75, 3.05) is 19.0 Å². The van der Waals surface area contributed by atoms with Gasteiger partial charge in [0.1, 0.15) is 24.4 Å². The molecule has 120 valence electrons. The Morgan fingerprint density at radius 1 is 1.36 bits per heavy atom. The Morgan fingerprint density at radius 3 is 2.68 bits per heavy atom. The zero-order valence-electron chi connectivity index (χ0n) is 11.5. The summed E-state index contributed by atoms with van der Waals surface area (Å²) in [6.45, 7) is -0.418. The molecule has 2 heterocycles. The normalized spacial score (nSPS) is 28.5. The molecule has 7 nitrogen and oxygen atoms in total. The van der Waals surface area contributed by atoms with E-state index in [1.165, 1.54) is 0 Å². The van der Waals surface area contributed by atoms with Gasteiger partial charge in [-0.25, -0.2) is 4.98 Å². The number of aromatic amines is 1. The van der Waals surface area contributed by atoms with E-state index in [0.717, 1.165) is 0 Å². The van der Waals surface area contributed by atoms with Crippen molar-refractivity contribution in [3.63, 3.8) is 0 Å². The molecule has 1 aliphatic rings. The van der Waals surface area contributed by atoms with Gasteiger partial charge in [0, 0.05) is 12.6 Å². The number of imidazole rings is 1. The second-order valence-electron chi connectivity index (χ2n) is 5.08. The lowest BCUT2D eigenvalue weighted by atomic mass is 10.00. The minimum absolute atomic E-state index is 0.193. The Kier molecular flexibility index (Phi) is 4.19. The van der Waals surface area contributed by atoms with Gasteiger partial charge in [0.25, 0.3) is 0 Å². The molecule has 1 saturated heterocycles. The highest BCUT2D eigenvalue weighted by atomic mass is 35.5. The summed E-state index contributed by atoms with van der Waals surface area (Å²) in [7, 11) is 1.70. The predicted molar refractivity (Wildman–Crippen MR) is 82.4 cm³/mol. The molecular formula is C13H15Cl2N3O4. The van der Waals surface area contributed by atoms with E-state index in [2.05, 4.69) is 15.3 Å². The van der Waals surface area contributed by atoms with E-state index in [9.17, 15) is 15.3 Å². The number of nitrogens with zero attached hydrogens (tertiary/aromatic N) is 1. The number of anilines is 1. The first-order valence-electron chi connectivity index (χ1n) is 6.65. The lowest BCUT2D eigenvalue weighted by molar-refractivity contribution is -0.0223. The van der Waals surface area contributed by atoms with Crippen molar-refractivity contribution in [2.45, 2.75) is 24.4 Å². The quantitative estimate of drug-likeness (QED) is 0.567. The summed E-state index contributed by atoms with van der Waals surface area (Å²) < 4.78 is 5.54. The number of fused-ring (bicyclic) bond motifs is 1. The molecule has 2 aromatic rings. The number of ether oxygens (including phenoxy) is 1. The van der Waals surface area contributed by atoms with E-state index in [1.54, 1.807) is 13.1 Å². The van der Waals surface area contributed by atoms with Gasteiger partial charge in [0.15, 0.2) is 0 Å². The van der Waals surface area contributed by atoms with Crippen LogP contribution in [0, 0.1) is 0 Å². The van der Waals surface area contributed by atoms with Gasteiger partial charge in [0.05, 0.1) is 27.7 Å². The Balaban J connectivity index is 2.17. The Bertz CT molecular complexity index is 708. The van der Waals surface area contributed by atoms with Crippen molar-refractivity contribution < 1.29 is 20.1 Å². The molecule has 3 rings (SSSR count). The first-order valence-corrected chi connectivity index (χ1v) is 7.41. The summed E-state index contributed by atoms with van der Waals surface area (Å²) in [5, 5.41) is 32.7. The molecule has 1 fully saturated rings. The van der Waals surface area contributed by atoms with Gasteiger partial charge in [-0.15, -0.1) is 0 Å². The fraction of sp³-hybridized carbons (Fsp3) is 0.462.